The first-order valence-electron chi connectivity index (χ1n) is 9.31. The SMILES string of the molecule is O=C(CN(Cc1ccco1)C(=O)Cc1csc(-c2ccco2)n1)Nc1ccccc1. The van der Waals surface area contributed by atoms with Crippen LogP contribution in [0.25, 0.3) is 10.8 Å². The number of amides is 2. The molecule has 2 amide bonds. The molecule has 0 spiro atoms. The van der Waals surface area contributed by atoms with Crippen LogP contribution in [0.15, 0.2) is 81.3 Å². The van der Waals surface area contributed by atoms with E-state index < -0.39 is 0 Å². The van der Waals surface area contributed by atoms with Gasteiger partial charge >= 0.3 is 0 Å². The summed E-state index contributed by atoms with van der Waals surface area (Å²) in [4.78, 5) is 31.4. The Kier molecular flexibility index (Phi) is 6.05. The highest BCUT2D eigenvalue weighted by atomic mass is 32.1. The number of benzene rings is 1. The summed E-state index contributed by atoms with van der Waals surface area (Å²) in [5, 5.41) is 5.34. The summed E-state index contributed by atoms with van der Waals surface area (Å²) in [5.74, 6) is 0.764. The van der Waals surface area contributed by atoms with Crippen molar-refractivity contribution in [3.05, 3.63) is 84.0 Å². The molecule has 1 N–H and O–H groups in total. The summed E-state index contributed by atoms with van der Waals surface area (Å²) in [6.07, 6.45) is 3.20. The van der Waals surface area contributed by atoms with Crippen molar-refractivity contribution in [3.8, 4) is 10.8 Å². The van der Waals surface area contributed by atoms with Crippen molar-refractivity contribution < 1.29 is 18.4 Å². The summed E-state index contributed by atoms with van der Waals surface area (Å²) in [6.45, 7) is 0.104. The summed E-state index contributed by atoms with van der Waals surface area (Å²) in [5.41, 5.74) is 1.31. The van der Waals surface area contributed by atoms with Gasteiger partial charge in [-0.3, -0.25) is 9.59 Å². The molecule has 3 heterocycles. The molecule has 0 aliphatic rings. The number of hydrogen-bond donors (Lipinski definition) is 1. The average Bonchev–Trinajstić information content (AvgIpc) is 3.51. The molecule has 8 heteroatoms. The summed E-state index contributed by atoms with van der Waals surface area (Å²) in [7, 11) is 0. The zero-order valence-corrected chi connectivity index (χ0v) is 16.8. The van der Waals surface area contributed by atoms with Crippen LogP contribution in [0.3, 0.4) is 0 Å². The van der Waals surface area contributed by atoms with Gasteiger partial charge in [0.15, 0.2) is 10.8 Å². The van der Waals surface area contributed by atoms with Crippen LogP contribution in [-0.4, -0.2) is 28.2 Å². The van der Waals surface area contributed by atoms with E-state index in [2.05, 4.69) is 10.3 Å². The van der Waals surface area contributed by atoms with Crippen LogP contribution in [0, 0.1) is 0 Å². The number of thiazole rings is 1. The standard InChI is InChI=1S/C22H19N3O4S/c26-20(23-16-6-2-1-3-7-16)14-25(13-18-8-4-10-28-18)21(27)12-17-15-30-22(24-17)19-9-5-11-29-19/h1-11,15H,12-14H2,(H,23,26). The highest BCUT2D eigenvalue weighted by molar-refractivity contribution is 7.13. The van der Waals surface area contributed by atoms with Crippen molar-refractivity contribution in [1.82, 2.24) is 9.88 Å². The molecular weight excluding hydrogens is 402 g/mol. The lowest BCUT2D eigenvalue weighted by Crippen LogP contribution is -2.38. The Labute approximate surface area is 177 Å². The molecule has 30 heavy (non-hydrogen) atoms. The molecule has 0 atom stereocenters. The second kappa shape index (κ2) is 9.23. The summed E-state index contributed by atoms with van der Waals surface area (Å²) < 4.78 is 10.7. The van der Waals surface area contributed by atoms with Gasteiger partial charge in [0.25, 0.3) is 0 Å². The molecule has 7 nitrogen and oxygen atoms in total. The van der Waals surface area contributed by atoms with E-state index in [0.717, 1.165) is 0 Å². The molecular formula is C22H19N3O4S. The molecule has 0 saturated heterocycles. The van der Waals surface area contributed by atoms with Crippen molar-refractivity contribution in [2.75, 3.05) is 11.9 Å². The maximum Gasteiger partial charge on any atom is 0.244 e. The van der Waals surface area contributed by atoms with Gasteiger partial charge in [0, 0.05) is 11.1 Å². The van der Waals surface area contributed by atoms with E-state index in [4.69, 9.17) is 8.83 Å². The van der Waals surface area contributed by atoms with Crippen LogP contribution in [0.1, 0.15) is 11.5 Å². The number of hydrogen-bond acceptors (Lipinski definition) is 6. The Morgan fingerprint density at radius 3 is 2.53 bits per heavy atom. The predicted molar refractivity (Wildman–Crippen MR) is 113 cm³/mol. The first-order chi connectivity index (χ1) is 14.7. The largest absolute Gasteiger partial charge is 0.467 e. The third kappa shape index (κ3) is 5.03. The molecule has 0 fully saturated rings. The van der Waals surface area contributed by atoms with Gasteiger partial charge in [-0.2, -0.15) is 0 Å². The van der Waals surface area contributed by atoms with Crippen LogP contribution in [0.2, 0.25) is 0 Å². The molecule has 0 saturated carbocycles. The topological polar surface area (TPSA) is 88.6 Å². The monoisotopic (exact) mass is 421 g/mol. The number of rotatable bonds is 8. The zero-order valence-electron chi connectivity index (χ0n) is 16.0. The Bertz CT molecular complexity index is 1090. The number of para-hydroxylation sites is 1. The maximum absolute atomic E-state index is 13.0. The highest BCUT2D eigenvalue weighted by Gasteiger charge is 2.21. The van der Waals surface area contributed by atoms with Crippen LogP contribution in [0.5, 0.6) is 0 Å². The van der Waals surface area contributed by atoms with Crippen LogP contribution < -0.4 is 5.32 Å². The van der Waals surface area contributed by atoms with Gasteiger partial charge in [-0.05, 0) is 36.4 Å². The normalized spacial score (nSPS) is 10.7. The third-order valence-electron chi connectivity index (χ3n) is 4.29. The van der Waals surface area contributed by atoms with Gasteiger partial charge in [0.2, 0.25) is 11.8 Å². The molecule has 0 bridgehead atoms. The number of aromatic nitrogens is 1. The fraction of sp³-hybridized carbons (Fsp3) is 0.136. The van der Waals surface area contributed by atoms with Crippen molar-refractivity contribution >= 4 is 28.8 Å². The van der Waals surface area contributed by atoms with Crippen LogP contribution >= 0.6 is 11.3 Å². The van der Waals surface area contributed by atoms with E-state index in [1.807, 2.05) is 29.6 Å². The lowest BCUT2D eigenvalue weighted by atomic mass is 10.2. The number of carbonyl (C=O) groups is 2. The molecule has 0 unspecified atom stereocenters. The van der Waals surface area contributed by atoms with E-state index in [9.17, 15) is 9.59 Å². The van der Waals surface area contributed by atoms with Gasteiger partial charge in [-0.1, -0.05) is 18.2 Å². The lowest BCUT2D eigenvalue weighted by molar-refractivity contribution is -0.135. The minimum Gasteiger partial charge on any atom is -0.467 e. The second-order valence-corrected chi connectivity index (χ2v) is 7.40. The molecule has 1 aromatic carbocycles. The number of furan rings is 2. The van der Waals surface area contributed by atoms with Crippen molar-refractivity contribution in [2.45, 2.75) is 13.0 Å². The Hall–Kier alpha value is -3.65. The van der Waals surface area contributed by atoms with Gasteiger partial charge in [0.05, 0.1) is 31.2 Å². The maximum atomic E-state index is 13.0. The fourth-order valence-electron chi connectivity index (χ4n) is 2.89. The molecule has 3 aromatic heterocycles. The van der Waals surface area contributed by atoms with E-state index in [1.165, 1.54) is 22.5 Å². The Morgan fingerprint density at radius 2 is 1.80 bits per heavy atom. The third-order valence-corrected chi connectivity index (χ3v) is 5.19. The van der Waals surface area contributed by atoms with Crippen molar-refractivity contribution in [2.24, 2.45) is 0 Å². The zero-order chi connectivity index (χ0) is 20.8. The number of nitrogens with zero attached hydrogens (tertiary/aromatic N) is 2. The second-order valence-electron chi connectivity index (χ2n) is 6.54. The number of anilines is 1. The minimum atomic E-state index is -0.282. The first kappa shape index (κ1) is 19.7. The average molecular weight is 421 g/mol. The lowest BCUT2D eigenvalue weighted by Gasteiger charge is -2.21. The van der Waals surface area contributed by atoms with Gasteiger partial charge in [0.1, 0.15) is 12.3 Å². The Balaban J connectivity index is 1.44. The molecule has 4 aromatic rings. The van der Waals surface area contributed by atoms with Gasteiger partial charge < -0.3 is 19.1 Å². The van der Waals surface area contributed by atoms with Gasteiger partial charge in [-0.25, -0.2) is 4.98 Å². The van der Waals surface area contributed by atoms with Crippen LogP contribution in [0.4, 0.5) is 5.69 Å². The van der Waals surface area contributed by atoms with E-state index in [-0.39, 0.29) is 31.3 Å². The Morgan fingerprint density at radius 1 is 1.00 bits per heavy atom. The van der Waals surface area contributed by atoms with E-state index >= 15 is 0 Å². The molecule has 0 aliphatic heterocycles. The highest BCUT2D eigenvalue weighted by Crippen LogP contribution is 2.24. The molecule has 152 valence electrons. The molecule has 0 radical (unpaired) electrons. The van der Waals surface area contributed by atoms with E-state index in [0.29, 0.717) is 27.9 Å². The van der Waals surface area contributed by atoms with E-state index in [1.54, 1.807) is 36.6 Å². The first-order valence-corrected chi connectivity index (χ1v) is 10.2. The number of nitrogens with one attached hydrogen (secondary N) is 1. The smallest absolute Gasteiger partial charge is 0.244 e. The fourth-order valence-corrected chi connectivity index (χ4v) is 3.67. The molecule has 0 aliphatic carbocycles. The quantitative estimate of drug-likeness (QED) is 0.460. The predicted octanol–water partition coefficient (Wildman–Crippen LogP) is 4.21. The van der Waals surface area contributed by atoms with Crippen molar-refractivity contribution in [1.29, 1.82) is 0 Å². The number of carbonyl (C=O) groups excluding carboxylic acids is 2. The minimum absolute atomic E-state index is 0.0799. The summed E-state index contributed by atoms with van der Waals surface area (Å²) >= 11 is 1.41. The van der Waals surface area contributed by atoms with Crippen molar-refractivity contribution in [3.63, 3.8) is 0 Å². The summed E-state index contributed by atoms with van der Waals surface area (Å²) in [6, 6.07) is 16.3. The van der Waals surface area contributed by atoms with Crippen LogP contribution in [-0.2, 0) is 22.6 Å². The molecule has 4 rings (SSSR count). The van der Waals surface area contributed by atoms with Gasteiger partial charge in [-0.15, -0.1) is 11.3 Å².